The molecule has 0 spiro atoms. The zero-order chi connectivity index (χ0) is 14.7. The monoisotopic (exact) mass is 306 g/mol. The first-order valence-electron chi connectivity index (χ1n) is 5.59. The fraction of sp³-hybridized carbons (Fsp3) is 0.455. The number of anilines is 1. The fourth-order valence-electron chi connectivity index (χ4n) is 1.60. The van der Waals surface area contributed by atoms with Crippen LogP contribution >= 0.6 is 0 Å². The average molecular weight is 306 g/mol. The molecule has 6 nitrogen and oxygen atoms in total. The Kier molecular flexibility index (Phi) is 4.94. The first-order chi connectivity index (χ1) is 8.64. The van der Waals surface area contributed by atoms with Gasteiger partial charge in [0.2, 0.25) is 10.0 Å². The van der Waals surface area contributed by atoms with Crippen LogP contribution in [0.25, 0.3) is 0 Å². The lowest BCUT2D eigenvalue weighted by Gasteiger charge is -2.16. The first kappa shape index (κ1) is 15.9. The van der Waals surface area contributed by atoms with Gasteiger partial charge in [0.05, 0.1) is 5.69 Å². The SMILES string of the molecule is CNC(C)c1ccccc1NS(=O)(=O)CS(C)(=O)=O. The number of hydrogen-bond acceptors (Lipinski definition) is 5. The van der Waals surface area contributed by atoms with Gasteiger partial charge in [-0.05, 0) is 25.6 Å². The standard InChI is InChI=1S/C11H18N2O4S2/c1-9(12-2)10-6-4-5-7-11(10)13-19(16,17)8-18(3,14)15/h4-7,9,12-13H,8H2,1-3H3. The van der Waals surface area contributed by atoms with Crippen molar-refractivity contribution < 1.29 is 16.8 Å². The van der Waals surface area contributed by atoms with Gasteiger partial charge in [-0.25, -0.2) is 16.8 Å². The summed E-state index contributed by atoms with van der Waals surface area (Å²) in [4.78, 5) is 0. The molecular formula is C11H18N2O4S2. The van der Waals surface area contributed by atoms with E-state index in [-0.39, 0.29) is 6.04 Å². The molecule has 0 saturated heterocycles. The van der Waals surface area contributed by atoms with E-state index in [2.05, 4.69) is 10.0 Å². The number of rotatable bonds is 6. The number of sulfone groups is 1. The maximum Gasteiger partial charge on any atom is 0.247 e. The van der Waals surface area contributed by atoms with Crippen LogP contribution in [0.15, 0.2) is 24.3 Å². The lowest BCUT2D eigenvalue weighted by molar-refractivity contribution is 0.594. The molecule has 1 atom stereocenters. The van der Waals surface area contributed by atoms with Gasteiger partial charge >= 0.3 is 0 Å². The topological polar surface area (TPSA) is 92.3 Å². The molecular weight excluding hydrogens is 288 g/mol. The molecule has 0 saturated carbocycles. The Bertz CT molecular complexity index is 638. The van der Waals surface area contributed by atoms with Crippen molar-refractivity contribution in [1.82, 2.24) is 5.32 Å². The normalized spacial score (nSPS) is 14.1. The molecule has 0 fully saturated rings. The van der Waals surface area contributed by atoms with E-state index in [9.17, 15) is 16.8 Å². The van der Waals surface area contributed by atoms with Crippen molar-refractivity contribution in [2.75, 3.05) is 23.1 Å². The van der Waals surface area contributed by atoms with Gasteiger partial charge in [0.15, 0.2) is 14.9 Å². The second kappa shape index (κ2) is 5.89. The molecule has 8 heteroatoms. The van der Waals surface area contributed by atoms with Gasteiger partial charge in [-0.1, -0.05) is 18.2 Å². The van der Waals surface area contributed by atoms with Crippen molar-refractivity contribution in [3.8, 4) is 0 Å². The summed E-state index contributed by atoms with van der Waals surface area (Å²) in [6, 6.07) is 6.79. The van der Waals surface area contributed by atoms with Crippen molar-refractivity contribution in [2.24, 2.45) is 0 Å². The summed E-state index contributed by atoms with van der Waals surface area (Å²) >= 11 is 0. The summed E-state index contributed by atoms with van der Waals surface area (Å²) in [5.41, 5.74) is 1.13. The van der Waals surface area contributed by atoms with Crippen LogP contribution in [0.5, 0.6) is 0 Å². The zero-order valence-corrected chi connectivity index (χ0v) is 12.7. The van der Waals surface area contributed by atoms with Crippen molar-refractivity contribution in [2.45, 2.75) is 13.0 Å². The molecule has 1 rings (SSSR count). The van der Waals surface area contributed by atoms with Gasteiger partial charge in [-0.2, -0.15) is 0 Å². The van der Waals surface area contributed by atoms with E-state index < -0.39 is 24.9 Å². The third-order valence-corrected chi connectivity index (χ3v) is 5.98. The fourth-order valence-corrected chi connectivity index (χ4v) is 4.61. The summed E-state index contributed by atoms with van der Waals surface area (Å²) in [5, 5.41) is 2.07. The highest BCUT2D eigenvalue weighted by Crippen LogP contribution is 2.23. The maximum atomic E-state index is 11.8. The molecule has 0 aliphatic carbocycles. The second-order valence-corrected chi connectivity index (χ2v) is 8.59. The molecule has 0 heterocycles. The Morgan fingerprint density at radius 2 is 1.74 bits per heavy atom. The van der Waals surface area contributed by atoms with Gasteiger partial charge < -0.3 is 5.32 Å². The minimum atomic E-state index is -3.92. The van der Waals surface area contributed by atoms with Gasteiger partial charge in [0.1, 0.15) is 0 Å². The summed E-state index contributed by atoms with van der Waals surface area (Å²) in [5.74, 6) is 0. The Morgan fingerprint density at radius 1 is 1.16 bits per heavy atom. The van der Waals surface area contributed by atoms with Crippen LogP contribution in [0.2, 0.25) is 0 Å². The van der Waals surface area contributed by atoms with Crippen LogP contribution in [-0.2, 0) is 19.9 Å². The van der Waals surface area contributed by atoms with Gasteiger partial charge in [-0.3, -0.25) is 4.72 Å². The molecule has 1 aromatic carbocycles. The minimum Gasteiger partial charge on any atom is -0.313 e. The molecule has 0 amide bonds. The number of nitrogens with one attached hydrogen (secondary N) is 2. The van der Waals surface area contributed by atoms with E-state index in [1.807, 2.05) is 6.92 Å². The summed E-state index contributed by atoms with van der Waals surface area (Å²) in [7, 11) is -5.77. The van der Waals surface area contributed by atoms with Crippen molar-refractivity contribution in [1.29, 1.82) is 0 Å². The zero-order valence-electron chi connectivity index (χ0n) is 11.0. The highest BCUT2D eigenvalue weighted by Gasteiger charge is 2.20. The highest BCUT2D eigenvalue weighted by atomic mass is 32.3. The predicted molar refractivity (Wildman–Crippen MR) is 76.2 cm³/mol. The Balaban J connectivity index is 3.07. The average Bonchev–Trinajstić information content (AvgIpc) is 2.24. The van der Waals surface area contributed by atoms with Crippen molar-refractivity contribution in [3.63, 3.8) is 0 Å². The molecule has 0 aliphatic rings. The molecule has 19 heavy (non-hydrogen) atoms. The third kappa shape index (κ3) is 5.17. The van der Waals surface area contributed by atoms with E-state index in [1.165, 1.54) is 0 Å². The molecule has 0 bridgehead atoms. The van der Waals surface area contributed by atoms with Crippen LogP contribution in [0.1, 0.15) is 18.5 Å². The molecule has 1 aromatic rings. The van der Waals surface area contributed by atoms with E-state index in [4.69, 9.17) is 0 Å². The smallest absolute Gasteiger partial charge is 0.247 e. The van der Waals surface area contributed by atoms with Crippen molar-refractivity contribution >= 4 is 25.5 Å². The van der Waals surface area contributed by atoms with Crippen LogP contribution in [0, 0.1) is 0 Å². The minimum absolute atomic E-state index is 0.0582. The number of para-hydroxylation sites is 1. The van der Waals surface area contributed by atoms with E-state index in [1.54, 1.807) is 31.3 Å². The number of hydrogen-bond donors (Lipinski definition) is 2. The largest absolute Gasteiger partial charge is 0.313 e. The molecule has 1 unspecified atom stereocenters. The summed E-state index contributed by atoms with van der Waals surface area (Å²) in [6.07, 6.45) is 0.883. The van der Waals surface area contributed by atoms with Crippen molar-refractivity contribution in [3.05, 3.63) is 29.8 Å². The van der Waals surface area contributed by atoms with Crippen LogP contribution < -0.4 is 10.0 Å². The summed E-state index contributed by atoms with van der Waals surface area (Å²) < 4.78 is 48.0. The van der Waals surface area contributed by atoms with E-state index in [0.717, 1.165) is 11.8 Å². The Hall–Kier alpha value is -1.12. The summed E-state index contributed by atoms with van der Waals surface area (Å²) in [6.45, 7) is 1.88. The Labute approximate surface area is 114 Å². The van der Waals surface area contributed by atoms with E-state index in [0.29, 0.717) is 5.69 Å². The molecule has 0 aromatic heterocycles. The van der Waals surface area contributed by atoms with Crippen LogP contribution in [0.3, 0.4) is 0 Å². The highest BCUT2D eigenvalue weighted by molar-refractivity contribution is 8.08. The third-order valence-electron chi connectivity index (χ3n) is 2.49. The molecule has 0 radical (unpaired) electrons. The number of benzene rings is 1. The second-order valence-electron chi connectivity index (χ2n) is 4.36. The maximum absolute atomic E-state index is 11.8. The van der Waals surface area contributed by atoms with Crippen LogP contribution in [-0.4, -0.2) is 35.2 Å². The number of sulfonamides is 1. The molecule has 0 aliphatic heterocycles. The van der Waals surface area contributed by atoms with Gasteiger partial charge in [0, 0.05) is 12.3 Å². The quantitative estimate of drug-likeness (QED) is 0.807. The molecule has 108 valence electrons. The van der Waals surface area contributed by atoms with Crippen LogP contribution in [0.4, 0.5) is 5.69 Å². The Morgan fingerprint density at radius 3 is 2.26 bits per heavy atom. The lowest BCUT2D eigenvalue weighted by atomic mass is 10.1. The molecule has 2 N–H and O–H groups in total. The van der Waals surface area contributed by atoms with Gasteiger partial charge in [-0.15, -0.1) is 0 Å². The predicted octanol–water partition coefficient (Wildman–Crippen LogP) is 0.711. The first-order valence-corrected chi connectivity index (χ1v) is 9.30. The lowest BCUT2D eigenvalue weighted by Crippen LogP contribution is -2.24. The van der Waals surface area contributed by atoms with Gasteiger partial charge in [0.25, 0.3) is 0 Å². The van der Waals surface area contributed by atoms with E-state index >= 15 is 0 Å².